The Kier molecular flexibility index (Phi) is 10.4. The zero-order valence-corrected chi connectivity index (χ0v) is 10.1. The van der Waals surface area contributed by atoms with Crippen LogP contribution in [0.5, 0.6) is 0 Å². The first-order chi connectivity index (χ1) is 7.70. The number of esters is 1. The van der Waals surface area contributed by atoms with Crippen molar-refractivity contribution in [3.63, 3.8) is 0 Å². The number of carbonyl (C=O) groups is 1. The van der Waals surface area contributed by atoms with Crippen LogP contribution in [0.2, 0.25) is 0 Å². The number of halogens is 1. The SMILES string of the molecule is COC(=O)CCCCCCCCC(O)CF. The number of ether oxygens (including phenoxy) is 1. The van der Waals surface area contributed by atoms with Crippen LogP contribution in [-0.2, 0) is 9.53 Å². The molecule has 1 unspecified atom stereocenters. The molecule has 0 bridgehead atoms. The van der Waals surface area contributed by atoms with Gasteiger partial charge >= 0.3 is 5.97 Å². The number of carbonyl (C=O) groups excluding carboxylic acids is 1. The molecule has 4 heteroatoms. The lowest BCUT2D eigenvalue weighted by molar-refractivity contribution is -0.140. The van der Waals surface area contributed by atoms with Crippen LogP contribution in [0.3, 0.4) is 0 Å². The Hall–Kier alpha value is -0.640. The van der Waals surface area contributed by atoms with Gasteiger partial charge in [0.1, 0.15) is 6.67 Å². The molecule has 0 radical (unpaired) electrons. The molecular weight excluding hydrogens is 211 g/mol. The summed E-state index contributed by atoms with van der Waals surface area (Å²) in [6.45, 7) is -0.640. The first-order valence-corrected chi connectivity index (χ1v) is 6.01. The number of aliphatic hydroxyl groups is 1. The summed E-state index contributed by atoms with van der Waals surface area (Å²) < 4.78 is 16.4. The summed E-state index contributed by atoms with van der Waals surface area (Å²) in [5, 5.41) is 8.96. The molecule has 0 aromatic carbocycles. The molecule has 0 aliphatic carbocycles. The van der Waals surface area contributed by atoms with E-state index < -0.39 is 12.8 Å². The smallest absolute Gasteiger partial charge is 0.305 e. The van der Waals surface area contributed by atoms with Crippen LogP contribution in [0.15, 0.2) is 0 Å². The molecule has 0 rings (SSSR count). The van der Waals surface area contributed by atoms with E-state index in [-0.39, 0.29) is 5.97 Å². The average molecular weight is 234 g/mol. The Morgan fingerprint density at radius 3 is 2.31 bits per heavy atom. The summed E-state index contributed by atoms with van der Waals surface area (Å²) in [6, 6.07) is 0. The Balaban J connectivity index is 3.07. The van der Waals surface area contributed by atoms with Gasteiger partial charge in [-0.05, 0) is 12.8 Å². The predicted molar refractivity (Wildman–Crippen MR) is 60.9 cm³/mol. The topological polar surface area (TPSA) is 46.5 Å². The highest BCUT2D eigenvalue weighted by molar-refractivity contribution is 5.68. The van der Waals surface area contributed by atoms with Gasteiger partial charge in [0.25, 0.3) is 0 Å². The van der Waals surface area contributed by atoms with E-state index in [1.54, 1.807) is 0 Å². The lowest BCUT2D eigenvalue weighted by Crippen LogP contribution is -2.07. The van der Waals surface area contributed by atoms with Crippen molar-refractivity contribution in [2.75, 3.05) is 13.8 Å². The predicted octanol–water partition coefficient (Wildman–Crippen LogP) is 2.61. The fourth-order valence-electron chi connectivity index (χ4n) is 1.54. The molecule has 0 saturated heterocycles. The van der Waals surface area contributed by atoms with Gasteiger partial charge in [0.2, 0.25) is 0 Å². The number of methoxy groups -OCH3 is 1. The second-order valence-electron chi connectivity index (χ2n) is 4.04. The van der Waals surface area contributed by atoms with Crippen molar-refractivity contribution in [2.24, 2.45) is 0 Å². The second kappa shape index (κ2) is 10.9. The fraction of sp³-hybridized carbons (Fsp3) is 0.917. The van der Waals surface area contributed by atoms with Crippen LogP contribution in [0.1, 0.15) is 51.4 Å². The largest absolute Gasteiger partial charge is 0.469 e. The second-order valence-corrected chi connectivity index (χ2v) is 4.04. The van der Waals surface area contributed by atoms with Crippen LogP contribution >= 0.6 is 0 Å². The molecule has 0 amide bonds. The van der Waals surface area contributed by atoms with E-state index in [0.29, 0.717) is 12.8 Å². The maximum absolute atomic E-state index is 11.9. The Bertz CT molecular complexity index is 174. The molecule has 1 atom stereocenters. The zero-order valence-electron chi connectivity index (χ0n) is 10.1. The summed E-state index contributed by atoms with van der Waals surface area (Å²) in [4.78, 5) is 10.8. The molecule has 3 nitrogen and oxygen atoms in total. The lowest BCUT2D eigenvalue weighted by atomic mass is 10.1. The van der Waals surface area contributed by atoms with Gasteiger partial charge in [-0.15, -0.1) is 0 Å². The van der Waals surface area contributed by atoms with Crippen LogP contribution in [0.25, 0.3) is 0 Å². The van der Waals surface area contributed by atoms with Crippen LogP contribution in [-0.4, -0.2) is 31.0 Å². The molecule has 0 aliphatic rings. The maximum atomic E-state index is 11.9. The third kappa shape index (κ3) is 9.90. The van der Waals surface area contributed by atoms with Crippen LogP contribution < -0.4 is 0 Å². The van der Waals surface area contributed by atoms with Crippen molar-refractivity contribution in [2.45, 2.75) is 57.5 Å². The normalized spacial score (nSPS) is 12.4. The van der Waals surface area contributed by atoms with Crippen molar-refractivity contribution in [1.29, 1.82) is 0 Å². The molecule has 0 fully saturated rings. The highest BCUT2D eigenvalue weighted by atomic mass is 19.1. The average Bonchev–Trinajstić information content (AvgIpc) is 2.31. The molecule has 0 aliphatic heterocycles. The highest BCUT2D eigenvalue weighted by Gasteiger charge is 2.02. The molecule has 0 aromatic heterocycles. The van der Waals surface area contributed by atoms with Gasteiger partial charge < -0.3 is 9.84 Å². The lowest BCUT2D eigenvalue weighted by Gasteiger charge is -2.05. The van der Waals surface area contributed by atoms with E-state index in [2.05, 4.69) is 4.74 Å². The molecule has 16 heavy (non-hydrogen) atoms. The van der Waals surface area contributed by atoms with Crippen LogP contribution in [0, 0.1) is 0 Å². The van der Waals surface area contributed by atoms with E-state index in [9.17, 15) is 9.18 Å². The van der Waals surface area contributed by atoms with Crippen molar-refractivity contribution < 1.29 is 19.0 Å². The summed E-state index contributed by atoms with van der Waals surface area (Å²) >= 11 is 0. The maximum Gasteiger partial charge on any atom is 0.305 e. The zero-order chi connectivity index (χ0) is 12.2. The molecule has 96 valence electrons. The first kappa shape index (κ1) is 15.4. The van der Waals surface area contributed by atoms with Crippen molar-refractivity contribution in [3.05, 3.63) is 0 Å². The number of unbranched alkanes of at least 4 members (excludes halogenated alkanes) is 5. The van der Waals surface area contributed by atoms with Crippen molar-refractivity contribution >= 4 is 5.97 Å². The molecule has 0 heterocycles. The summed E-state index contributed by atoms with van der Waals surface area (Å²) in [5.74, 6) is -0.147. The molecule has 0 aromatic rings. The number of hydrogen-bond acceptors (Lipinski definition) is 3. The minimum absolute atomic E-state index is 0.147. The number of aliphatic hydroxyl groups excluding tert-OH is 1. The Labute approximate surface area is 97.0 Å². The van der Waals surface area contributed by atoms with Crippen molar-refractivity contribution in [1.82, 2.24) is 0 Å². The third-order valence-corrected chi connectivity index (χ3v) is 2.57. The van der Waals surface area contributed by atoms with Gasteiger partial charge in [0.15, 0.2) is 0 Å². The van der Waals surface area contributed by atoms with E-state index in [1.165, 1.54) is 7.11 Å². The molecule has 0 spiro atoms. The van der Waals surface area contributed by atoms with Gasteiger partial charge in [-0.25, -0.2) is 4.39 Å². The number of rotatable bonds is 10. The Morgan fingerprint density at radius 2 is 1.75 bits per heavy atom. The monoisotopic (exact) mass is 234 g/mol. The molecule has 0 saturated carbocycles. The van der Waals surface area contributed by atoms with E-state index in [4.69, 9.17) is 5.11 Å². The van der Waals surface area contributed by atoms with E-state index in [0.717, 1.165) is 38.5 Å². The highest BCUT2D eigenvalue weighted by Crippen LogP contribution is 2.10. The molecular formula is C12H23FO3. The quantitative estimate of drug-likeness (QED) is 0.467. The van der Waals surface area contributed by atoms with Gasteiger partial charge in [-0.3, -0.25) is 4.79 Å². The third-order valence-electron chi connectivity index (χ3n) is 2.57. The number of hydrogen-bond donors (Lipinski definition) is 1. The van der Waals surface area contributed by atoms with E-state index >= 15 is 0 Å². The Morgan fingerprint density at radius 1 is 1.19 bits per heavy atom. The van der Waals surface area contributed by atoms with Crippen LogP contribution in [0.4, 0.5) is 4.39 Å². The summed E-state index contributed by atoms with van der Waals surface area (Å²) in [5.41, 5.74) is 0. The van der Waals surface area contributed by atoms with Gasteiger partial charge in [0, 0.05) is 6.42 Å². The van der Waals surface area contributed by atoms with E-state index in [1.807, 2.05) is 0 Å². The molecule has 1 N–H and O–H groups in total. The minimum atomic E-state index is -0.778. The summed E-state index contributed by atoms with van der Waals surface area (Å²) in [7, 11) is 1.40. The van der Waals surface area contributed by atoms with Gasteiger partial charge in [0.05, 0.1) is 13.2 Å². The van der Waals surface area contributed by atoms with Crippen molar-refractivity contribution in [3.8, 4) is 0 Å². The van der Waals surface area contributed by atoms with Gasteiger partial charge in [-0.1, -0.05) is 32.1 Å². The fourth-order valence-corrected chi connectivity index (χ4v) is 1.54. The standard InChI is InChI=1S/C12H23FO3/c1-16-12(15)9-7-5-3-2-4-6-8-11(14)10-13/h11,14H,2-10H2,1H3. The first-order valence-electron chi connectivity index (χ1n) is 6.01. The number of alkyl halides is 1. The van der Waals surface area contributed by atoms with Gasteiger partial charge in [-0.2, -0.15) is 0 Å². The minimum Gasteiger partial charge on any atom is -0.469 e. The summed E-state index contributed by atoms with van der Waals surface area (Å²) in [6.07, 6.45) is 6.25.